The van der Waals surface area contributed by atoms with Gasteiger partial charge >= 0.3 is 36.4 Å². The Bertz CT molecular complexity index is 1150. The van der Waals surface area contributed by atoms with E-state index in [9.17, 15) is 59.0 Å². The standard InChI is InChI=1S/C31H47F10NO7/c1-9-25(6,23(45)49-28(12-10-11-13-28)21(32)27(8,46)31(39,40)41)15-26(7,14-18(2)20(43)48-19(3)30(36,37)38)22(44)47-17-24(4,5)42-16-29(33,34)35/h18-19,21,42,46H,9-17H2,1-8H3. The van der Waals surface area contributed by atoms with Crippen LogP contribution in [-0.4, -0.2) is 83.7 Å². The first-order chi connectivity index (χ1) is 21.8. The highest BCUT2D eigenvalue weighted by Gasteiger charge is 2.64. The van der Waals surface area contributed by atoms with Gasteiger partial charge in [0.05, 0.1) is 23.3 Å². The quantitative estimate of drug-likeness (QED) is 0.0966. The van der Waals surface area contributed by atoms with Gasteiger partial charge in [-0.1, -0.05) is 13.8 Å². The molecule has 1 saturated carbocycles. The number of rotatable bonds is 16. The molecule has 6 unspecified atom stereocenters. The van der Waals surface area contributed by atoms with Crippen LogP contribution in [0.2, 0.25) is 0 Å². The fraction of sp³-hybridized carbons (Fsp3) is 0.903. The molecule has 0 spiro atoms. The van der Waals surface area contributed by atoms with Crippen molar-refractivity contribution in [3.8, 4) is 0 Å². The van der Waals surface area contributed by atoms with Crippen LogP contribution in [0.1, 0.15) is 100 Å². The van der Waals surface area contributed by atoms with E-state index in [4.69, 9.17) is 9.47 Å². The summed E-state index contributed by atoms with van der Waals surface area (Å²) in [5, 5.41) is 12.3. The van der Waals surface area contributed by atoms with E-state index in [1.807, 2.05) is 0 Å². The van der Waals surface area contributed by atoms with Gasteiger partial charge in [-0.2, -0.15) is 39.5 Å². The van der Waals surface area contributed by atoms with E-state index in [1.165, 1.54) is 34.6 Å². The van der Waals surface area contributed by atoms with Crippen LogP contribution in [0.15, 0.2) is 0 Å². The Morgan fingerprint density at radius 1 is 0.857 bits per heavy atom. The lowest BCUT2D eigenvalue weighted by atomic mass is 9.68. The van der Waals surface area contributed by atoms with Crippen LogP contribution in [0.3, 0.4) is 0 Å². The number of alkyl halides is 10. The largest absolute Gasteiger partial charge is 0.463 e. The smallest absolute Gasteiger partial charge is 0.425 e. The fourth-order valence-corrected chi connectivity index (χ4v) is 5.70. The van der Waals surface area contributed by atoms with Crippen molar-refractivity contribution in [2.75, 3.05) is 13.2 Å². The third-order valence-corrected chi connectivity index (χ3v) is 9.07. The molecule has 6 atom stereocenters. The summed E-state index contributed by atoms with van der Waals surface area (Å²) in [7, 11) is 0. The molecular formula is C31H47F10NO7. The Balaban J connectivity index is 3.49. The van der Waals surface area contributed by atoms with Crippen LogP contribution in [0.25, 0.3) is 0 Å². The lowest BCUT2D eigenvalue weighted by Crippen LogP contribution is -2.61. The Morgan fingerprint density at radius 2 is 1.37 bits per heavy atom. The van der Waals surface area contributed by atoms with Crippen LogP contribution in [0, 0.1) is 16.7 Å². The SMILES string of the molecule is CCC(C)(CC(C)(CC(C)C(=O)OC(C)C(F)(F)F)C(=O)OCC(C)(C)NCC(F)(F)F)C(=O)OC1(C(F)C(C)(O)C(F)(F)F)CCCC1. The molecule has 0 amide bonds. The average Bonchev–Trinajstić information content (AvgIpc) is 3.42. The summed E-state index contributed by atoms with van der Waals surface area (Å²) in [6, 6.07) is 0. The Kier molecular flexibility index (Phi) is 14.1. The zero-order valence-corrected chi connectivity index (χ0v) is 28.8. The van der Waals surface area contributed by atoms with E-state index in [0.717, 1.165) is 6.92 Å². The van der Waals surface area contributed by atoms with Crippen LogP contribution < -0.4 is 5.32 Å². The van der Waals surface area contributed by atoms with Gasteiger partial charge in [-0.15, -0.1) is 0 Å². The normalized spacial score (nSPS) is 21.4. The zero-order chi connectivity index (χ0) is 38.7. The summed E-state index contributed by atoms with van der Waals surface area (Å²) in [6.07, 6.45) is -22.5. The first kappa shape index (κ1) is 44.7. The highest BCUT2D eigenvalue weighted by Crippen LogP contribution is 2.49. The highest BCUT2D eigenvalue weighted by molar-refractivity contribution is 5.82. The van der Waals surface area contributed by atoms with Crippen LogP contribution in [0.4, 0.5) is 43.9 Å². The van der Waals surface area contributed by atoms with Gasteiger partial charge in [0, 0.05) is 5.54 Å². The molecule has 49 heavy (non-hydrogen) atoms. The van der Waals surface area contributed by atoms with E-state index < -0.39 is 108 Å². The number of carbonyl (C=O) groups excluding carboxylic acids is 3. The van der Waals surface area contributed by atoms with Crippen LogP contribution in [-0.2, 0) is 28.6 Å². The summed E-state index contributed by atoms with van der Waals surface area (Å²) < 4.78 is 149. The molecule has 2 N–H and O–H groups in total. The van der Waals surface area contributed by atoms with Gasteiger partial charge in [0.2, 0.25) is 0 Å². The van der Waals surface area contributed by atoms with Crippen LogP contribution in [0.5, 0.6) is 0 Å². The van der Waals surface area contributed by atoms with Gasteiger partial charge in [0.1, 0.15) is 12.2 Å². The predicted molar refractivity (Wildman–Crippen MR) is 154 cm³/mol. The number of nitrogens with one attached hydrogen (secondary N) is 1. The molecule has 0 aromatic carbocycles. The number of hydrogen-bond acceptors (Lipinski definition) is 8. The number of halogens is 10. The molecule has 0 aromatic rings. The Morgan fingerprint density at radius 3 is 1.80 bits per heavy atom. The number of ether oxygens (including phenoxy) is 3. The molecule has 8 nitrogen and oxygen atoms in total. The van der Waals surface area contributed by atoms with Crippen molar-refractivity contribution in [2.24, 2.45) is 16.7 Å². The second-order valence-electron chi connectivity index (χ2n) is 14.5. The zero-order valence-electron chi connectivity index (χ0n) is 28.8. The summed E-state index contributed by atoms with van der Waals surface area (Å²) in [6.45, 7) is 6.20. The summed E-state index contributed by atoms with van der Waals surface area (Å²) in [4.78, 5) is 40.1. The van der Waals surface area contributed by atoms with E-state index >= 15 is 4.39 Å². The van der Waals surface area contributed by atoms with Gasteiger partial charge < -0.3 is 24.6 Å². The molecule has 0 aliphatic heterocycles. The van der Waals surface area contributed by atoms with E-state index in [0.29, 0.717) is 6.92 Å². The first-order valence-electron chi connectivity index (χ1n) is 15.7. The molecule has 0 saturated heterocycles. The maximum Gasteiger partial charge on any atom is 0.425 e. The van der Waals surface area contributed by atoms with Crippen molar-refractivity contribution in [2.45, 2.75) is 148 Å². The fourth-order valence-electron chi connectivity index (χ4n) is 5.70. The second-order valence-corrected chi connectivity index (χ2v) is 14.5. The van der Waals surface area contributed by atoms with Crippen molar-refractivity contribution < 1.29 is 77.6 Å². The van der Waals surface area contributed by atoms with Crippen molar-refractivity contribution in [3.63, 3.8) is 0 Å². The molecule has 0 bridgehead atoms. The van der Waals surface area contributed by atoms with Crippen LogP contribution >= 0.6 is 0 Å². The lowest BCUT2D eigenvalue weighted by molar-refractivity contribution is -0.295. The predicted octanol–water partition coefficient (Wildman–Crippen LogP) is 7.30. The minimum atomic E-state index is -5.44. The van der Waals surface area contributed by atoms with Crippen molar-refractivity contribution in [1.82, 2.24) is 5.32 Å². The minimum absolute atomic E-state index is 0.155. The Hall–Kier alpha value is -2.37. The second kappa shape index (κ2) is 15.5. The molecule has 0 aromatic heterocycles. The van der Waals surface area contributed by atoms with E-state index in [2.05, 4.69) is 10.1 Å². The molecule has 1 aliphatic rings. The van der Waals surface area contributed by atoms with Gasteiger partial charge in [-0.3, -0.25) is 14.4 Å². The van der Waals surface area contributed by atoms with E-state index in [1.54, 1.807) is 0 Å². The van der Waals surface area contributed by atoms with Gasteiger partial charge in [-0.25, -0.2) is 4.39 Å². The maximum atomic E-state index is 15.6. The molecular weight excluding hydrogens is 688 g/mol. The molecule has 1 rings (SSSR count). The first-order valence-corrected chi connectivity index (χ1v) is 15.7. The molecule has 288 valence electrons. The maximum absolute atomic E-state index is 15.6. The summed E-state index contributed by atoms with van der Waals surface area (Å²) in [5.74, 6) is -5.26. The number of aliphatic hydroxyl groups is 1. The topological polar surface area (TPSA) is 111 Å². The van der Waals surface area contributed by atoms with Gasteiger partial charge in [0.25, 0.3) is 0 Å². The molecule has 1 fully saturated rings. The van der Waals surface area contributed by atoms with Crippen molar-refractivity contribution in [3.05, 3.63) is 0 Å². The summed E-state index contributed by atoms with van der Waals surface area (Å²) >= 11 is 0. The third kappa shape index (κ3) is 11.8. The molecule has 0 heterocycles. The monoisotopic (exact) mass is 735 g/mol. The number of carbonyl (C=O) groups is 3. The molecule has 0 radical (unpaired) electrons. The Labute approximate surface area is 279 Å². The average molecular weight is 736 g/mol. The lowest BCUT2D eigenvalue weighted by Gasteiger charge is -2.43. The molecule has 1 aliphatic carbocycles. The van der Waals surface area contributed by atoms with Gasteiger partial charge in [-0.05, 0) is 86.5 Å². The summed E-state index contributed by atoms with van der Waals surface area (Å²) in [5.41, 5.74) is -11.6. The van der Waals surface area contributed by atoms with E-state index in [-0.39, 0.29) is 39.0 Å². The van der Waals surface area contributed by atoms with Crippen molar-refractivity contribution in [1.29, 1.82) is 0 Å². The van der Waals surface area contributed by atoms with Crippen molar-refractivity contribution >= 4 is 17.9 Å². The minimum Gasteiger partial charge on any atom is -0.463 e. The highest BCUT2D eigenvalue weighted by atomic mass is 19.4. The number of hydrogen-bond donors (Lipinski definition) is 2. The number of esters is 3. The molecule has 18 heteroatoms. The third-order valence-electron chi connectivity index (χ3n) is 9.07. The van der Waals surface area contributed by atoms with Gasteiger partial charge in [0.15, 0.2) is 17.9 Å².